The molecule has 0 atom stereocenters. The Bertz CT molecular complexity index is 946. The Labute approximate surface area is 170 Å². The van der Waals surface area contributed by atoms with Gasteiger partial charge in [0.05, 0.1) is 12.2 Å². The predicted octanol–water partition coefficient (Wildman–Crippen LogP) is 3.79. The fourth-order valence-corrected chi connectivity index (χ4v) is 3.03. The standard InChI is InChI=1S/C21H25ClN6/c1-4-23-21(26-14-18-7-5-6-8-19(18)22)25-13-17-9-10-20(24-12-17)28-16(3)11-15(2)27-28/h5-12H,4,13-14H2,1-3H3,(H2,23,25,26). The van der Waals surface area contributed by atoms with Gasteiger partial charge in [-0.25, -0.2) is 14.7 Å². The highest BCUT2D eigenvalue weighted by Gasteiger charge is 2.05. The van der Waals surface area contributed by atoms with Crippen molar-refractivity contribution >= 4 is 17.6 Å². The average molecular weight is 397 g/mol. The Kier molecular flexibility index (Phi) is 6.66. The van der Waals surface area contributed by atoms with Gasteiger partial charge in [0.25, 0.3) is 0 Å². The van der Waals surface area contributed by atoms with E-state index in [1.54, 1.807) is 0 Å². The summed E-state index contributed by atoms with van der Waals surface area (Å²) < 4.78 is 1.84. The highest BCUT2D eigenvalue weighted by molar-refractivity contribution is 6.31. The van der Waals surface area contributed by atoms with Crippen molar-refractivity contribution in [3.8, 4) is 5.82 Å². The number of benzene rings is 1. The van der Waals surface area contributed by atoms with Crippen molar-refractivity contribution in [2.45, 2.75) is 33.9 Å². The van der Waals surface area contributed by atoms with Gasteiger partial charge in [-0.3, -0.25) is 0 Å². The summed E-state index contributed by atoms with van der Waals surface area (Å²) in [6.45, 7) is 7.96. The van der Waals surface area contributed by atoms with Crippen LogP contribution in [0.15, 0.2) is 53.7 Å². The zero-order chi connectivity index (χ0) is 19.9. The van der Waals surface area contributed by atoms with Gasteiger partial charge in [0.15, 0.2) is 11.8 Å². The fraction of sp³-hybridized carbons (Fsp3) is 0.286. The Morgan fingerprint density at radius 1 is 1.14 bits per heavy atom. The van der Waals surface area contributed by atoms with Crippen LogP contribution in [0.25, 0.3) is 5.82 Å². The van der Waals surface area contributed by atoms with Crippen LogP contribution in [0.3, 0.4) is 0 Å². The third-order valence-electron chi connectivity index (χ3n) is 4.20. The van der Waals surface area contributed by atoms with E-state index < -0.39 is 0 Å². The number of hydrogen-bond donors (Lipinski definition) is 2. The highest BCUT2D eigenvalue weighted by atomic mass is 35.5. The van der Waals surface area contributed by atoms with Crippen LogP contribution in [0.4, 0.5) is 0 Å². The monoisotopic (exact) mass is 396 g/mol. The molecule has 0 saturated heterocycles. The summed E-state index contributed by atoms with van der Waals surface area (Å²) in [5.74, 6) is 1.55. The minimum Gasteiger partial charge on any atom is -0.357 e. The van der Waals surface area contributed by atoms with E-state index in [1.165, 1.54) is 0 Å². The van der Waals surface area contributed by atoms with Gasteiger partial charge in [0.1, 0.15) is 0 Å². The van der Waals surface area contributed by atoms with E-state index >= 15 is 0 Å². The molecule has 7 heteroatoms. The second-order valence-corrected chi connectivity index (χ2v) is 6.91. The first-order valence-electron chi connectivity index (χ1n) is 9.31. The van der Waals surface area contributed by atoms with Gasteiger partial charge in [-0.05, 0) is 50.1 Å². The van der Waals surface area contributed by atoms with E-state index in [0.29, 0.717) is 13.1 Å². The van der Waals surface area contributed by atoms with Gasteiger partial charge >= 0.3 is 0 Å². The molecule has 2 heterocycles. The molecule has 0 radical (unpaired) electrons. The van der Waals surface area contributed by atoms with Crippen molar-refractivity contribution in [1.29, 1.82) is 0 Å². The molecule has 0 unspecified atom stereocenters. The summed E-state index contributed by atoms with van der Waals surface area (Å²) in [4.78, 5) is 9.17. The van der Waals surface area contributed by atoms with Crippen molar-refractivity contribution in [1.82, 2.24) is 25.4 Å². The lowest BCUT2D eigenvalue weighted by atomic mass is 10.2. The van der Waals surface area contributed by atoms with Gasteiger partial charge in [0.2, 0.25) is 0 Å². The fourth-order valence-electron chi connectivity index (χ4n) is 2.83. The highest BCUT2D eigenvalue weighted by Crippen LogP contribution is 2.14. The Morgan fingerprint density at radius 2 is 1.96 bits per heavy atom. The van der Waals surface area contributed by atoms with E-state index in [1.807, 2.05) is 74.1 Å². The van der Waals surface area contributed by atoms with Crippen molar-refractivity contribution < 1.29 is 0 Å². The minimum absolute atomic E-state index is 0.530. The number of aryl methyl sites for hydroxylation is 2. The van der Waals surface area contributed by atoms with Crippen LogP contribution in [0.5, 0.6) is 0 Å². The van der Waals surface area contributed by atoms with Crippen molar-refractivity contribution in [3.05, 3.63) is 76.2 Å². The van der Waals surface area contributed by atoms with Gasteiger partial charge in [-0.15, -0.1) is 0 Å². The molecule has 2 aromatic heterocycles. The molecule has 1 aromatic carbocycles. The molecule has 146 valence electrons. The lowest BCUT2D eigenvalue weighted by Gasteiger charge is -2.12. The summed E-state index contributed by atoms with van der Waals surface area (Å²) >= 11 is 6.22. The number of nitrogens with zero attached hydrogens (tertiary/aromatic N) is 4. The van der Waals surface area contributed by atoms with Gasteiger partial charge in [-0.1, -0.05) is 35.9 Å². The molecule has 28 heavy (non-hydrogen) atoms. The molecule has 2 N–H and O–H groups in total. The molecule has 0 aliphatic heterocycles. The molecule has 0 aliphatic rings. The van der Waals surface area contributed by atoms with E-state index in [9.17, 15) is 0 Å². The molecule has 6 nitrogen and oxygen atoms in total. The summed E-state index contributed by atoms with van der Waals surface area (Å²) in [5.41, 5.74) is 4.10. The summed E-state index contributed by atoms with van der Waals surface area (Å²) in [6.07, 6.45) is 1.84. The van der Waals surface area contributed by atoms with Crippen molar-refractivity contribution in [3.63, 3.8) is 0 Å². The third kappa shape index (κ3) is 5.10. The van der Waals surface area contributed by atoms with Crippen LogP contribution in [0.1, 0.15) is 29.4 Å². The Morgan fingerprint density at radius 3 is 2.61 bits per heavy atom. The molecule has 3 rings (SSSR count). The molecule has 0 aliphatic carbocycles. The first-order chi connectivity index (χ1) is 13.6. The number of hydrogen-bond acceptors (Lipinski definition) is 3. The summed E-state index contributed by atoms with van der Waals surface area (Å²) in [7, 11) is 0. The van der Waals surface area contributed by atoms with E-state index in [0.717, 1.165) is 45.9 Å². The minimum atomic E-state index is 0.530. The van der Waals surface area contributed by atoms with Crippen LogP contribution < -0.4 is 10.6 Å². The number of rotatable bonds is 6. The van der Waals surface area contributed by atoms with Crippen LogP contribution in [-0.2, 0) is 13.1 Å². The average Bonchev–Trinajstić information content (AvgIpc) is 3.03. The first-order valence-corrected chi connectivity index (χ1v) is 9.68. The largest absolute Gasteiger partial charge is 0.357 e. The van der Waals surface area contributed by atoms with Crippen LogP contribution in [0.2, 0.25) is 5.02 Å². The number of pyridine rings is 1. The van der Waals surface area contributed by atoms with Gasteiger partial charge < -0.3 is 10.6 Å². The molecular weight excluding hydrogens is 372 g/mol. The molecule has 0 bridgehead atoms. The zero-order valence-corrected chi connectivity index (χ0v) is 17.2. The van der Waals surface area contributed by atoms with E-state index in [4.69, 9.17) is 11.6 Å². The van der Waals surface area contributed by atoms with E-state index in [-0.39, 0.29) is 0 Å². The summed E-state index contributed by atoms with van der Waals surface area (Å²) in [5, 5.41) is 11.8. The maximum atomic E-state index is 6.22. The number of nitrogens with one attached hydrogen (secondary N) is 2. The van der Waals surface area contributed by atoms with Crippen LogP contribution in [0, 0.1) is 13.8 Å². The SMILES string of the molecule is CCNC(=NCc1ccc(-n2nc(C)cc2C)nc1)NCc1ccccc1Cl. The lowest BCUT2D eigenvalue weighted by Crippen LogP contribution is -2.36. The molecule has 0 amide bonds. The quantitative estimate of drug-likeness (QED) is 0.491. The number of aliphatic imine (C=N–C) groups is 1. The molecule has 3 aromatic rings. The number of halogens is 1. The third-order valence-corrected chi connectivity index (χ3v) is 4.57. The maximum absolute atomic E-state index is 6.22. The van der Waals surface area contributed by atoms with Gasteiger partial charge in [-0.2, -0.15) is 5.10 Å². The summed E-state index contributed by atoms with van der Waals surface area (Å²) in [6, 6.07) is 13.8. The van der Waals surface area contributed by atoms with Crippen LogP contribution in [-0.4, -0.2) is 27.3 Å². The molecule has 0 saturated carbocycles. The molecular formula is C21H25ClN6. The normalized spacial score (nSPS) is 11.5. The first kappa shape index (κ1) is 19.9. The van der Waals surface area contributed by atoms with E-state index in [2.05, 4.69) is 25.7 Å². The topological polar surface area (TPSA) is 67.1 Å². The van der Waals surface area contributed by atoms with Crippen molar-refractivity contribution in [2.75, 3.05) is 6.54 Å². The second-order valence-electron chi connectivity index (χ2n) is 6.50. The van der Waals surface area contributed by atoms with Crippen LogP contribution >= 0.6 is 11.6 Å². The van der Waals surface area contributed by atoms with Crippen molar-refractivity contribution in [2.24, 2.45) is 4.99 Å². The Hall–Kier alpha value is -2.86. The lowest BCUT2D eigenvalue weighted by molar-refractivity contribution is 0.800. The number of aromatic nitrogens is 3. The Balaban J connectivity index is 1.65. The molecule has 0 fully saturated rings. The molecule has 0 spiro atoms. The predicted molar refractivity (Wildman–Crippen MR) is 114 cm³/mol. The maximum Gasteiger partial charge on any atom is 0.191 e. The number of guanidine groups is 1. The zero-order valence-electron chi connectivity index (χ0n) is 16.4. The smallest absolute Gasteiger partial charge is 0.191 e. The second kappa shape index (κ2) is 9.37. The van der Waals surface area contributed by atoms with Gasteiger partial charge in [0, 0.05) is 30.0 Å².